The van der Waals surface area contributed by atoms with Crippen LogP contribution in [0.2, 0.25) is 0 Å². The van der Waals surface area contributed by atoms with Gasteiger partial charge in [0, 0.05) is 7.05 Å². The second kappa shape index (κ2) is 11.2. The first kappa shape index (κ1) is 25.3. The van der Waals surface area contributed by atoms with E-state index in [0.29, 0.717) is 43.7 Å². The van der Waals surface area contributed by atoms with Gasteiger partial charge >= 0.3 is 11.9 Å². The topological polar surface area (TPSA) is 115 Å². The van der Waals surface area contributed by atoms with E-state index in [2.05, 4.69) is 20.9 Å². The first-order chi connectivity index (χ1) is 16.2. The summed E-state index contributed by atoms with van der Waals surface area (Å²) in [4.78, 5) is 41.8. The van der Waals surface area contributed by atoms with Gasteiger partial charge in [-0.25, -0.2) is 14.6 Å². The van der Waals surface area contributed by atoms with Crippen LogP contribution < -0.4 is 9.47 Å². The first-order valence-electron chi connectivity index (χ1n) is 9.99. The van der Waals surface area contributed by atoms with Gasteiger partial charge in [0.1, 0.15) is 0 Å². The standard InChI is InChI=1S/C23H21BrN2O7S/c1-4-32-17-9-13(8-16(24)20(17)33-12-19(27)28)10-18-21(29)26(2)23(34-18)25-15-7-5-6-14(11-15)22(30)31-3/h5-11H,4,12H2,1-3H3,(H,27,28). The lowest BCUT2D eigenvalue weighted by atomic mass is 10.2. The minimum atomic E-state index is -1.11. The molecule has 11 heteroatoms. The molecule has 1 heterocycles. The Hall–Kier alpha value is -3.31. The molecule has 9 nitrogen and oxygen atoms in total. The number of aliphatic carboxylic acids is 1. The van der Waals surface area contributed by atoms with Gasteiger partial charge in [-0.3, -0.25) is 9.69 Å². The lowest BCUT2D eigenvalue weighted by Crippen LogP contribution is -2.23. The Kier molecular flexibility index (Phi) is 8.35. The molecular formula is C23H21BrN2O7S. The molecule has 3 rings (SSSR count). The molecule has 1 aliphatic heterocycles. The molecule has 34 heavy (non-hydrogen) atoms. The van der Waals surface area contributed by atoms with Gasteiger partial charge in [-0.1, -0.05) is 6.07 Å². The number of aliphatic imine (C=N–C) groups is 1. The average Bonchev–Trinajstić information content (AvgIpc) is 3.05. The summed E-state index contributed by atoms with van der Waals surface area (Å²) in [5.74, 6) is -1.21. The van der Waals surface area contributed by atoms with E-state index < -0.39 is 18.5 Å². The predicted molar refractivity (Wildman–Crippen MR) is 132 cm³/mol. The number of benzene rings is 2. The Morgan fingerprint density at radius 2 is 2.00 bits per heavy atom. The SMILES string of the molecule is CCOc1cc(C=C2SC(=Nc3cccc(C(=O)OC)c3)N(C)C2=O)cc(Br)c1OCC(=O)O. The fraction of sp³-hybridized carbons (Fsp3) is 0.217. The zero-order valence-electron chi connectivity index (χ0n) is 18.5. The van der Waals surface area contributed by atoms with E-state index in [9.17, 15) is 14.4 Å². The highest BCUT2D eigenvalue weighted by Crippen LogP contribution is 2.39. The minimum absolute atomic E-state index is 0.242. The van der Waals surface area contributed by atoms with Crippen molar-refractivity contribution in [3.05, 3.63) is 56.9 Å². The highest BCUT2D eigenvalue weighted by atomic mass is 79.9. The van der Waals surface area contributed by atoms with Gasteiger partial charge in [0.05, 0.1) is 34.3 Å². The second-order valence-corrected chi connectivity index (χ2v) is 8.72. The largest absolute Gasteiger partial charge is 0.490 e. The minimum Gasteiger partial charge on any atom is -0.490 e. The number of carbonyl (C=O) groups is 3. The molecule has 0 radical (unpaired) electrons. The van der Waals surface area contributed by atoms with Crippen LogP contribution in [-0.2, 0) is 14.3 Å². The molecule has 1 fully saturated rings. The molecule has 0 aromatic heterocycles. The lowest BCUT2D eigenvalue weighted by Gasteiger charge is -2.13. The molecule has 178 valence electrons. The molecule has 0 atom stereocenters. The first-order valence-corrected chi connectivity index (χ1v) is 11.6. The van der Waals surface area contributed by atoms with Crippen molar-refractivity contribution >= 4 is 62.5 Å². The van der Waals surface area contributed by atoms with Gasteiger partial charge in [-0.05, 0) is 76.6 Å². The molecule has 1 N–H and O–H groups in total. The van der Waals surface area contributed by atoms with Crippen LogP contribution in [0.1, 0.15) is 22.8 Å². The molecular weight excluding hydrogens is 528 g/mol. The number of nitrogens with zero attached hydrogens (tertiary/aromatic N) is 2. The van der Waals surface area contributed by atoms with Gasteiger partial charge in [-0.15, -0.1) is 0 Å². The summed E-state index contributed by atoms with van der Waals surface area (Å²) >= 11 is 4.57. The number of amidine groups is 1. The highest BCUT2D eigenvalue weighted by Gasteiger charge is 2.30. The number of methoxy groups -OCH3 is 1. The van der Waals surface area contributed by atoms with Crippen LogP contribution in [0.5, 0.6) is 11.5 Å². The molecule has 0 aliphatic carbocycles. The van der Waals surface area contributed by atoms with Crippen molar-refractivity contribution in [1.29, 1.82) is 0 Å². The van der Waals surface area contributed by atoms with Crippen LogP contribution >= 0.6 is 27.7 Å². The van der Waals surface area contributed by atoms with Crippen LogP contribution in [0.3, 0.4) is 0 Å². The highest BCUT2D eigenvalue weighted by molar-refractivity contribution is 9.10. The molecule has 0 spiro atoms. The summed E-state index contributed by atoms with van der Waals surface area (Å²) in [5.41, 5.74) is 1.51. The van der Waals surface area contributed by atoms with Crippen molar-refractivity contribution in [2.45, 2.75) is 6.92 Å². The fourth-order valence-electron chi connectivity index (χ4n) is 2.94. The summed E-state index contributed by atoms with van der Waals surface area (Å²) < 4.78 is 16.2. The van der Waals surface area contributed by atoms with Crippen LogP contribution in [0, 0.1) is 0 Å². The number of halogens is 1. The third kappa shape index (κ3) is 5.97. The van der Waals surface area contributed by atoms with Crippen LogP contribution in [0.4, 0.5) is 5.69 Å². The van der Waals surface area contributed by atoms with Gasteiger partial charge in [0.15, 0.2) is 23.3 Å². The van der Waals surface area contributed by atoms with Crippen molar-refractivity contribution in [3.8, 4) is 11.5 Å². The van der Waals surface area contributed by atoms with Gasteiger partial charge < -0.3 is 19.3 Å². The molecule has 1 aliphatic rings. The van der Waals surface area contributed by atoms with Crippen molar-refractivity contribution in [3.63, 3.8) is 0 Å². The normalized spacial score (nSPS) is 15.6. The molecule has 0 unspecified atom stereocenters. The average molecular weight is 549 g/mol. The third-order valence-electron chi connectivity index (χ3n) is 4.47. The van der Waals surface area contributed by atoms with Crippen LogP contribution in [0.25, 0.3) is 6.08 Å². The smallest absolute Gasteiger partial charge is 0.341 e. The van der Waals surface area contributed by atoms with E-state index in [1.165, 1.54) is 23.8 Å². The maximum Gasteiger partial charge on any atom is 0.341 e. The molecule has 1 saturated heterocycles. The molecule has 0 saturated carbocycles. The summed E-state index contributed by atoms with van der Waals surface area (Å²) in [5, 5.41) is 9.35. The predicted octanol–water partition coefficient (Wildman–Crippen LogP) is 4.33. The Labute approximate surface area is 208 Å². The van der Waals surface area contributed by atoms with E-state index in [0.717, 1.165) is 0 Å². The molecule has 2 aromatic carbocycles. The van der Waals surface area contributed by atoms with Crippen molar-refractivity contribution in [1.82, 2.24) is 4.90 Å². The number of likely N-dealkylation sites (N-methyl/N-ethyl adjacent to an activating group) is 1. The zero-order chi connectivity index (χ0) is 24.8. The number of rotatable bonds is 8. The molecule has 1 amide bonds. The maximum atomic E-state index is 12.8. The maximum absolute atomic E-state index is 12.8. The zero-order valence-corrected chi connectivity index (χ0v) is 20.9. The van der Waals surface area contributed by atoms with Gasteiger partial charge in [0.2, 0.25) is 0 Å². The number of esters is 1. The van der Waals surface area contributed by atoms with Crippen molar-refractivity contribution in [2.75, 3.05) is 27.4 Å². The number of hydrogen-bond donors (Lipinski definition) is 1. The Morgan fingerprint density at radius 3 is 2.68 bits per heavy atom. The quantitative estimate of drug-likeness (QED) is 0.382. The number of thioether (sulfide) groups is 1. The van der Waals surface area contributed by atoms with E-state index in [-0.39, 0.29) is 11.7 Å². The van der Waals surface area contributed by atoms with Crippen molar-refractivity contribution in [2.24, 2.45) is 4.99 Å². The van der Waals surface area contributed by atoms with Gasteiger partial charge in [-0.2, -0.15) is 0 Å². The number of amides is 1. The van der Waals surface area contributed by atoms with Crippen molar-refractivity contribution < 1.29 is 33.7 Å². The van der Waals surface area contributed by atoms with Gasteiger partial charge in [0.25, 0.3) is 5.91 Å². The Bertz CT molecular complexity index is 1200. The van der Waals surface area contributed by atoms with Crippen LogP contribution in [0.15, 0.2) is 50.8 Å². The fourth-order valence-corrected chi connectivity index (χ4v) is 4.50. The number of carboxylic acids is 1. The molecule has 2 aromatic rings. The Balaban J connectivity index is 1.91. The van der Waals surface area contributed by atoms with Crippen LogP contribution in [-0.4, -0.2) is 60.4 Å². The van der Waals surface area contributed by atoms with E-state index >= 15 is 0 Å². The summed E-state index contributed by atoms with van der Waals surface area (Å²) in [6.45, 7) is 1.62. The number of ether oxygens (including phenoxy) is 3. The summed E-state index contributed by atoms with van der Waals surface area (Å²) in [6, 6.07) is 9.98. The second-order valence-electron chi connectivity index (χ2n) is 6.86. The lowest BCUT2D eigenvalue weighted by molar-refractivity contribution is -0.139. The number of carboxylic acid groups (broad SMARTS) is 1. The number of carbonyl (C=O) groups excluding carboxylic acids is 2. The molecule has 0 bridgehead atoms. The third-order valence-corrected chi connectivity index (χ3v) is 6.11. The monoisotopic (exact) mass is 548 g/mol. The Morgan fingerprint density at radius 1 is 1.24 bits per heavy atom. The van der Waals surface area contributed by atoms with E-state index in [4.69, 9.17) is 19.3 Å². The van der Waals surface area contributed by atoms with E-state index in [1.807, 2.05) is 0 Å². The summed E-state index contributed by atoms with van der Waals surface area (Å²) in [7, 11) is 2.92. The summed E-state index contributed by atoms with van der Waals surface area (Å²) in [6.07, 6.45) is 1.69. The number of hydrogen-bond acceptors (Lipinski definition) is 8. The van der Waals surface area contributed by atoms with E-state index in [1.54, 1.807) is 56.4 Å².